The van der Waals surface area contributed by atoms with E-state index in [1.54, 1.807) is 0 Å². The van der Waals surface area contributed by atoms with Crippen LogP contribution in [0.3, 0.4) is 0 Å². The average Bonchev–Trinajstić information content (AvgIpc) is 1.77. The third kappa shape index (κ3) is 1.26. The fourth-order valence-electron chi connectivity index (χ4n) is 0.438. The number of hydrogen-bond donors (Lipinski definition) is 1. The maximum atomic E-state index is 3.30. The lowest BCUT2D eigenvalue weighted by Gasteiger charge is -2.16. The molecule has 3 heteroatoms. The van der Waals surface area contributed by atoms with Crippen molar-refractivity contribution in [3.8, 4) is 0 Å². The highest BCUT2D eigenvalue weighted by molar-refractivity contribution is 9.11. The first kappa shape index (κ1) is 5.69. The van der Waals surface area contributed by atoms with E-state index in [9.17, 15) is 0 Å². The minimum atomic E-state index is 1.07. The minimum absolute atomic E-state index is 1.07. The first-order valence-corrected chi connectivity index (χ1v) is 3.11. The molecule has 0 atom stereocenters. The molecular weight excluding hydrogens is 168 g/mol. The quantitative estimate of drug-likeness (QED) is 0.594. The maximum Gasteiger partial charge on any atom is 0.0366 e. The Morgan fingerprint density at radius 1 is 1.75 bits per heavy atom. The second kappa shape index (κ2) is 2.22. The Morgan fingerprint density at radius 3 is 2.88 bits per heavy atom. The van der Waals surface area contributed by atoms with E-state index in [2.05, 4.69) is 21.4 Å². The molecule has 0 saturated heterocycles. The van der Waals surface area contributed by atoms with Crippen LogP contribution < -0.4 is 5.43 Å². The summed E-state index contributed by atoms with van der Waals surface area (Å²) in [5, 5.41) is 1.87. The molecule has 0 spiro atoms. The summed E-state index contributed by atoms with van der Waals surface area (Å²) in [4.78, 5) is 0. The van der Waals surface area contributed by atoms with Crippen LogP contribution in [0.1, 0.15) is 0 Å². The molecule has 0 aromatic rings. The van der Waals surface area contributed by atoms with Gasteiger partial charge in [-0.2, -0.15) is 0 Å². The summed E-state index contributed by atoms with van der Waals surface area (Å²) in [5.41, 5.74) is 2.97. The van der Waals surface area contributed by atoms with Crippen molar-refractivity contribution in [3.05, 3.63) is 23.0 Å². The van der Waals surface area contributed by atoms with Crippen LogP contribution >= 0.6 is 15.9 Å². The molecule has 0 fully saturated rings. The fourth-order valence-corrected chi connectivity index (χ4v) is 0.658. The van der Waals surface area contributed by atoms with Gasteiger partial charge in [0, 0.05) is 23.9 Å². The van der Waals surface area contributed by atoms with Gasteiger partial charge in [0.1, 0.15) is 0 Å². The van der Waals surface area contributed by atoms with E-state index in [1.807, 2.05) is 30.5 Å². The van der Waals surface area contributed by atoms with E-state index in [1.165, 1.54) is 0 Å². The first-order valence-electron chi connectivity index (χ1n) is 2.32. The van der Waals surface area contributed by atoms with E-state index < -0.39 is 0 Å². The van der Waals surface area contributed by atoms with E-state index in [4.69, 9.17) is 0 Å². The molecule has 8 heavy (non-hydrogen) atoms. The highest BCUT2D eigenvalue weighted by atomic mass is 79.9. The number of nitrogens with zero attached hydrogens (tertiary/aromatic N) is 1. The number of halogens is 1. The Morgan fingerprint density at radius 2 is 2.50 bits per heavy atom. The number of allylic oxidation sites excluding steroid dienone is 2. The van der Waals surface area contributed by atoms with E-state index in [0.29, 0.717) is 0 Å². The number of nitrogens with one attached hydrogen (secondary N) is 1. The van der Waals surface area contributed by atoms with E-state index in [-0.39, 0.29) is 0 Å². The summed E-state index contributed by atoms with van der Waals surface area (Å²) in [6, 6.07) is 0. The van der Waals surface area contributed by atoms with Gasteiger partial charge in [0.05, 0.1) is 0 Å². The molecule has 0 bridgehead atoms. The number of hydrazine groups is 1. The molecule has 0 unspecified atom stereocenters. The summed E-state index contributed by atoms with van der Waals surface area (Å²) >= 11 is 3.30. The van der Waals surface area contributed by atoms with Crippen molar-refractivity contribution in [1.82, 2.24) is 10.4 Å². The van der Waals surface area contributed by atoms with Gasteiger partial charge in [0.2, 0.25) is 0 Å². The lowest BCUT2D eigenvalue weighted by Crippen LogP contribution is -2.26. The van der Waals surface area contributed by atoms with Crippen molar-refractivity contribution in [2.24, 2.45) is 0 Å². The van der Waals surface area contributed by atoms with Gasteiger partial charge in [-0.05, 0) is 22.0 Å². The van der Waals surface area contributed by atoms with E-state index in [0.717, 1.165) is 4.48 Å². The Bertz CT molecular complexity index is 139. The predicted molar refractivity (Wildman–Crippen MR) is 37.0 cm³/mol. The van der Waals surface area contributed by atoms with Crippen molar-refractivity contribution in [2.75, 3.05) is 7.05 Å². The van der Waals surface area contributed by atoms with Gasteiger partial charge in [0.15, 0.2) is 0 Å². The van der Waals surface area contributed by atoms with Crippen LogP contribution in [0.25, 0.3) is 0 Å². The zero-order chi connectivity index (χ0) is 5.98. The van der Waals surface area contributed by atoms with Crippen molar-refractivity contribution in [3.63, 3.8) is 0 Å². The van der Waals surface area contributed by atoms with Crippen LogP contribution in [0.4, 0.5) is 0 Å². The highest BCUT2D eigenvalue weighted by Gasteiger charge is 1.92. The normalized spacial score (nSPS) is 17.8. The van der Waals surface area contributed by atoms with Gasteiger partial charge in [0.25, 0.3) is 0 Å². The third-order valence-electron chi connectivity index (χ3n) is 0.863. The van der Waals surface area contributed by atoms with Crippen LogP contribution in [0.15, 0.2) is 23.0 Å². The molecule has 0 aliphatic carbocycles. The summed E-state index contributed by atoms with van der Waals surface area (Å²) in [7, 11) is 1.94. The average molecular weight is 175 g/mol. The van der Waals surface area contributed by atoms with Crippen molar-refractivity contribution < 1.29 is 0 Å². The molecule has 1 aliphatic heterocycles. The molecule has 1 rings (SSSR count). The predicted octanol–water partition coefficient (Wildman–Crippen LogP) is 1.19. The molecule has 1 aliphatic rings. The molecule has 2 nitrogen and oxygen atoms in total. The maximum absolute atomic E-state index is 3.30. The van der Waals surface area contributed by atoms with Gasteiger partial charge in [-0.15, -0.1) is 0 Å². The minimum Gasteiger partial charge on any atom is -0.305 e. The summed E-state index contributed by atoms with van der Waals surface area (Å²) < 4.78 is 1.07. The third-order valence-corrected chi connectivity index (χ3v) is 1.36. The highest BCUT2D eigenvalue weighted by Crippen LogP contribution is 2.07. The van der Waals surface area contributed by atoms with E-state index >= 15 is 0 Å². The second-order valence-electron chi connectivity index (χ2n) is 1.58. The molecule has 1 N–H and O–H groups in total. The van der Waals surface area contributed by atoms with Crippen LogP contribution in [-0.4, -0.2) is 12.1 Å². The zero-order valence-electron chi connectivity index (χ0n) is 4.56. The zero-order valence-corrected chi connectivity index (χ0v) is 6.14. The fraction of sp³-hybridized carbons (Fsp3) is 0.200. The largest absolute Gasteiger partial charge is 0.305 e. The van der Waals surface area contributed by atoms with Crippen LogP contribution in [-0.2, 0) is 0 Å². The molecule has 0 saturated carbocycles. The lowest BCUT2D eigenvalue weighted by molar-refractivity contribution is 0.382. The standard InChI is InChI=1S/C5H7BrN2/c1-8-3-2-5(6)4-7-8/h2-4,7H,1H3. The van der Waals surface area contributed by atoms with Crippen molar-refractivity contribution >= 4 is 15.9 Å². The first-order chi connectivity index (χ1) is 3.79. The van der Waals surface area contributed by atoms with Gasteiger partial charge in [-0.25, -0.2) is 0 Å². The molecule has 0 aromatic carbocycles. The molecular formula is C5H7BrN2. The monoisotopic (exact) mass is 174 g/mol. The van der Waals surface area contributed by atoms with Gasteiger partial charge < -0.3 is 5.43 Å². The summed E-state index contributed by atoms with van der Waals surface area (Å²) in [5.74, 6) is 0. The molecule has 0 amide bonds. The number of hydrogen-bond acceptors (Lipinski definition) is 2. The number of rotatable bonds is 0. The van der Waals surface area contributed by atoms with Gasteiger partial charge in [-0.1, -0.05) is 0 Å². The van der Waals surface area contributed by atoms with Crippen LogP contribution in [0.5, 0.6) is 0 Å². The van der Waals surface area contributed by atoms with Gasteiger partial charge in [-0.3, -0.25) is 5.01 Å². The second-order valence-corrected chi connectivity index (χ2v) is 2.50. The smallest absolute Gasteiger partial charge is 0.0366 e. The Labute approximate surface area is 57.0 Å². The van der Waals surface area contributed by atoms with Crippen LogP contribution in [0, 0.1) is 0 Å². The summed E-state index contributed by atoms with van der Waals surface area (Å²) in [6.45, 7) is 0. The lowest BCUT2D eigenvalue weighted by atomic mass is 10.5. The Balaban J connectivity index is 2.58. The van der Waals surface area contributed by atoms with Crippen LogP contribution in [0.2, 0.25) is 0 Å². The van der Waals surface area contributed by atoms with Crippen molar-refractivity contribution in [1.29, 1.82) is 0 Å². The molecule has 44 valence electrons. The van der Waals surface area contributed by atoms with Gasteiger partial charge >= 0.3 is 0 Å². The molecule has 0 aromatic heterocycles. The SMILES string of the molecule is CN1C=CC(Br)=CN1. The molecule has 1 heterocycles. The topological polar surface area (TPSA) is 15.3 Å². The molecule has 0 radical (unpaired) electrons. The Kier molecular flexibility index (Phi) is 1.58. The van der Waals surface area contributed by atoms with Crippen molar-refractivity contribution in [2.45, 2.75) is 0 Å². The Hall–Kier alpha value is -0.440. The summed E-state index contributed by atoms with van der Waals surface area (Å²) in [6.07, 6.45) is 5.78.